The summed E-state index contributed by atoms with van der Waals surface area (Å²) in [6.45, 7) is 2.57. The van der Waals surface area contributed by atoms with Crippen LogP contribution in [0.5, 0.6) is 11.5 Å². The van der Waals surface area contributed by atoms with E-state index in [2.05, 4.69) is 26.0 Å². The number of benzene rings is 1. The summed E-state index contributed by atoms with van der Waals surface area (Å²) in [6.07, 6.45) is -3.80. The normalized spacial score (nSPS) is 11.5. The summed E-state index contributed by atoms with van der Waals surface area (Å²) < 4.78 is 50.7. The van der Waals surface area contributed by atoms with Crippen LogP contribution in [0.3, 0.4) is 0 Å². The first-order valence-electron chi connectivity index (χ1n) is 6.30. The van der Waals surface area contributed by atoms with Crippen LogP contribution < -0.4 is 14.8 Å². The maximum Gasteiger partial charge on any atom is 0.573 e. The fraction of sp³-hybridized carbons (Fsp3) is 0.538. The van der Waals surface area contributed by atoms with Crippen molar-refractivity contribution in [3.8, 4) is 11.5 Å². The molecule has 0 saturated heterocycles. The predicted octanol–water partition coefficient (Wildman–Crippen LogP) is 3.35. The molecule has 0 radical (unpaired) electrons. The summed E-state index contributed by atoms with van der Waals surface area (Å²) in [7, 11) is 1.65. The lowest BCUT2D eigenvalue weighted by Crippen LogP contribution is -2.22. The maximum atomic E-state index is 12.1. The number of halogens is 4. The zero-order valence-electron chi connectivity index (χ0n) is 11.5. The molecule has 21 heavy (non-hydrogen) atoms. The van der Waals surface area contributed by atoms with Gasteiger partial charge in [0.25, 0.3) is 0 Å². The number of nitrogens with one attached hydrogen (secondary N) is 1. The van der Waals surface area contributed by atoms with Gasteiger partial charge in [0.15, 0.2) is 0 Å². The number of rotatable bonds is 9. The summed E-state index contributed by atoms with van der Waals surface area (Å²) in [5.41, 5.74) is 0. The zero-order valence-corrected chi connectivity index (χ0v) is 13.1. The van der Waals surface area contributed by atoms with E-state index in [0.29, 0.717) is 25.5 Å². The van der Waals surface area contributed by atoms with Crippen LogP contribution >= 0.6 is 15.9 Å². The van der Waals surface area contributed by atoms with Crippen molar-refractivity contribution in [3.05, 3.63) is 22.7 Å². The van der Waals surface area contributed by atoms with E-state index < -0.39 is 6.36 Å². The number of methoxy groups -OCH3 is 1. The van der Waals surface area contributed by atoms with Gasteiger partial charge in [0, 0.05) is 20.3 Å². The Morgan fingerprint density at radius 1 is 1.19 bits per heavy atom. The molecule has 0 fully saturated rings. The highest BCUT2D eigenvalue weighted by Gasteiger charge is 2.31. The third-order valence-corrected chi connectivity index (χ3v) is 3.00. The lowest BCUT2D eigenvalue weighted by atomic mass is 10.3. The van der Waals surface area contributed by atoms with Crippen LogP contribution in [0.25, 0.3) is 0 Å². The molecule has 1 rings (SSSR count). The van der Waals surface area contributed by atoms with Gasteiger partial charge in [-0.2, -0.15) is 0 Å². The molecule has 120 valence electrons. The SMILES string of the molecule is COCCCNCCOc1ccc(OC(F)(F)F)c(Br)c1. The minimum Gasteiger partial charge on any atom is -0.492 e. The maximum absolute atomic E-state index is 12.1. The molecule has 0 atom stereocenters. The Morgan fingerprint density at radius 2 is 1.95 bits per heavy atom. The molecule has 0 saturated carbocycles. The van der Waals surface area contributed by atoms with Gasteiger partial charge in [0.2, 0.25) is 0 Å². The molecule has 0 amide bonds. The molecular formula is C13H17BrF3NO3. The van der Waals surface area contributed by atoms with E-state index in [9.17, 15) is 13.2 Å². The van der Waals surface area contributed by atoms with E-state index in [0.717, 1.165) is 13.0 Å². The fourth-order valence-electron chi connectivity index (χ4n) is 1.49. The van der Waals surface area contributed by atoms with E-state index in [1.807, 2.05) is 0 Å². The van der Waals surface area contributed by atoms with Crippen LogP contribution in [0.1, 0.15) is 6.42 Å². The van der Waals surface area contributed by atoms with Crippen molar-refractivity contribution in [2.24, 2.45) is 0 Å². The van der Waals surface area contributed by atoms with Gasteiger partial charge in [0.05, 0.1) is 4.47 Å². The smallest absolute Gasteiger partial charge is 0.492 e. The highest BCUT2D eigenvalue weighted by Crippen LogP contribution is 2.33. The minimum atomic E-state index is -4.71. The third-order valence-electron chi connectivity index (χ3n) is 2.38. The lowest BCUT2D eigenvalue weighted by Gasteiger charge is -2.12. The van der Waals surface area contributed by atoms with Crippen LogP contribution in [0.15, 0.2) is 22.7 Å². The molecule has 1 aromatic carbocycles. The molecule has 0 bridgehead atoms. The fourth-order valence-corrected chi connectivity index (χ4v) is 1.93. The standard InChI is InChI=1S/C13H17BrF3NO3/c1-19-7-2-5-18-6-8-20-10-3-4-12(11(14)9-10)21-13(15,16)17/h3-4,9,18H,2,5-8H2,1H3. The van der Waals surface area contributed by atoms with Crippen molar-refractivity contribution in [3.63, 3.8) is 0 Å². The van der Waals surface area contributed by atoms with Gasteiger partial charge >= 0.3 is 6.36 Å². The second-order valence-electron chi connectivity index (χ2n) is 4.08. The second kappa shape index (κ2) is 9.11. The molecule has 0 aromatic heterocycles. The van der Waals surface area contributed by atoms with Crippen molar-refractivity contribution in [2.75, 3.05) is 33.4 Å². The first-order chi connectivity index (χ1) is 9.92. The highest BCUT2D eigenvalue weighted by atomic mass is 79.9. The molecule has 0 aliphatic rings. The largest absolute Gasteiger partial charge is 0.573 e. The molecule has 4 nitrogen and oxygen atoms in total. The van der Waals surface area contributed by atoms with E-state index in [4.69, 9.17) is 9.47 Å². The van der Waals surface area contributed by atoms with Gasteiger partial charge in [-0.05, 0) is 47.1 Å². The Kier molecular flexibility index (Phi) is 7.84. The predicted molar refractivity (Wildman–Crippen MR) is 75.7 cm³/mol. The summed E-state index contributed by atoms with van der Waals surface area (Å²) in [5, 5.41) is 3.16. The Morgan fingerprint density at radius 3 is 2.57 bits per heavy atom. The Balaban J connectivity index is 2.32. The molecule has 1 aromatic rings. The average Bonchev–Trinajstić information content (AvgIpc) is 2.39. The van der Waals surface area contributed by atoms with Crippen molar-refractivity contribution in [1.82, 2.24) is 5.32 Å². The van der Waals surface area contributed by atoms with Gasteiger partial charge in [-0.1, -0.05) is 0 Å². The van der Waals surface area contributed by atoms with Crippen molar-refractivity contribution < 1.29 is 27.4 Å². The van der Waals surface area contributed by atoms with E-state index in [1.54, 1.807) is 7.11 Å². The summed E-state index contributed by atoms with van der Waals surface area (Å²) in [6, 6.07) is 4.07. The summed E-state index contributed by atoms with van der Waals surface area (Å²) >= 11 is 3.02. The average molecular weight is 372 g/mol. The van der Waals surface area contributed by atoms with E-state index in [-0.39, 0.29) is 10.2 Å². The van der Waals surface area contributed by atoms with Gasteiger partial charge in [-0.3, -0.25) is 0 Å². The molecule has 0 aliphatic heterocycles. The molecule has 8 heteroatoms. The van der Waals surface area contributed by atoms with Crippen molar-refractivity contribution >= 4 is 15.9 Å². The highest BCUT2D eigenvalue weighted by molar-refractivity contribution is 9.10. The minimum absolute atomic E-state index is 0.186. The van der Waals surface area contributed by atoms with Crippen LogP contribution in [0.4, 0.5) is 13.2 Å². The first-order valence-corrected chi connectivity index (χ1v) is 7.09. The Bertz CT molecular complexity index is 430. The molecule has 1 N–H and O–H groups in total. The van der Waals surface area contributed by atoms with Crippen molar-refractivity contribution in [1.29, 1.82) is 0 Å². The van der Waals surface area contributed by atoms with Crippen LogP contribution in [0.2, 0.25) is 0 Å². The topological polar surface area (TPSA) is 39.7 Å². The Labute approximate surface area is 129 Å². The second-order valence-corrected chi connectivity index (χ2v) is 4.94. The van der Waals surface area contributed by atoms with E-state index in [1.165, 1.54) is 18.2 Å². The van der Waals surface area contributed by atoms with Gasteiger partial charge in [-0.25, -0.2) is 0 Å². The molecule has 0 spiro atoms. The molecular weight excluding hydrogens is 355 g/mol. The third kappa shape index (κ3) is 8.13. The van der Waals surface area contributed by atoms with Gasteiger partial charge in [0.1, 0.15) is 18.1 Å². The summed E-state index contributed by atoms with van der Waals surface area (Å²) in [4.78, 5) is 0. The van der Waals surface area contributed by atoms with E-state index >= 15 is 0 Å². The summed E-state index contributed by atoms with van der Waals surface area (Å²) in [5.74, 6) is 0.169. The number of hydrogen-bond acceptors (Lipinski definition) is 4. The van der Waals surface area contributed by atoms with Gasteiger partial charge in [-0.15, -0.1) is 13.2 Å². The number of ether oxygens (including phenoxy) is 3. The van der Waals surface area contributed by atoms with Crippen molar-refractivity contribution in [2.45, 2.75) is 12.8 Å². The number of hydrogen-bond donors (Lipinski definition) is 1. The lowest BCUT2D eigenvalue weighted by molar-refractivity contribution is -0.274. The van der Waals surface area contributed by atoms with Crippen LogP contribution in [-0.2, 0) is 4.74 Å². The molecule has 0 aliphatic carbocycles. The van der Waals surface area contributed by atoms with Crippen LogP contribution in [-0.4, -0.2) is 39.8 Å². The van der Waals surface area contributed by atoms with Crippen LogP contribution in [0, 0.1) is 0 Å². The first kappa shape index (κ1) is 18.1. The quantitative estimate of drug-likeness (QED) is 0.675. The number of alkyl halides is 3. The zero-order chi connectivity index (χ0) is 15.7. The van der Waals surface area contributed by atoms with Gasteiger partial charge < -0.3 is 19.5 Å². The Hall–Kier alpha value is -0.990. The molecule has 0 unspecified atom stereocenters. The monoisotopic (exact) mass is 371 g/mol. The molecule has 0 heterocycles.